The molecule has 2 aliphatic heterocycles. The van der Waals surface area contributed by atoms with E-state index < -0.39 is 35.9 Å². The van der Waals surface area contributed by atoms with Gasteiger partial charge in [0.25, 0.3) is 0 Å². The van der Waals surface area contributed by atoms with E-state index in [1.165, 1.54) is 44.6 Å². The van der Waals surface area contributed by atoms with E-state index in [2.05, 4.69) is 25.9 Å². The van der Waals surface area contributed by atoms with Crippen LogP contribution in [0.2, 0.25) is 10.0 Å². The standard InChI is InChI=1S/C28H32ClFN4O4S.C27H31ClFN5O4S.2H2S/c1-33(24(35)14-12-19-8-7-9-21(30)26(19)29)20(13-15-25(36)34-16-5-2-6-17-34)18-38-28(37)32-27-31-22-10-3-4-11-23(22)39-27;1-33(23(35)11-9-18-5-4-6-20(29)25(18)28)19(10-12-24(36)34-15-13-30-14-16-34)17-38-27(37)32-26-31-21-7-2-3-8-22(21)39-26;;/h3-4,7-11,20H,2,5-6,12-18H2,1H3,(H,31,32,37);2-8,19,30H,9-17H2,1H3,(H,31,32,37);2*1H2/t20-;19-;;/m00../s1. The largest absolute Gasteiger partial charge is 0.447 e. The summed E-state index contributed by atoms with van der Waals surface area (Å²) in [7, 11) is 3.24. The number of nitrogens with zero attached hydrogens (tertiary/aromatic N) is 6. The topological polar surface area (TPSA) is 196 Å². The summed E-state index contributed by atoms with van der Waals surface area (Å²) in [5.74, 6) is -1.49. The third-order valence-corrected chi connectivity index (χ3v) is 16.3. The molecule has 2 aliphatic rings. The van der Waals surface area contributed by atoms with Crippen molar-refractivity contribution in [3.05, 3.63) is 118 Å². The highest BCUT2D eigenvalue weighted by Crippen LogP contribution is 2.28. The average Bonchev–Trinajstić information content (AvgIpc) is 4.06. The molecule has 2 fully saturated rings. The minimum Gasteiger partial charge on any atom is -0.447 e. The number of piperidine rings is 1. The number of thiazole rings is 2. The third-order valence-electron chi connectivity index (χ3n) is 13.5. The molecule has 0 saturated carbocycles. The molecule has 4 heterocycles. The molecule has 2 aromatic heterocycles. The van der Waals surface area contributed by atoms with Crippen molar-refractivity contribution in [1.82, 2.24) is 34.9 Å². The Balaban J connectivity index is 0.000000287. The first-order valence-corrected chi connectivity index (χ1v) is 28.2. The SMILES string of the molecule is CN(C(=O)CCc1cccc(F)c1Cl)[C@@H](CCC(=O)N1CCCCC1)COC(=O)Nc1nc2ccccc2s1.CN(C(=O)CCc1cccc(F)c1Cl)[C@@H](CCC(=O)N1CCNCC1)COC(=O)Nc1nc2ccccc2s1.S.S. The van der Waals surface area contributed by atoms with Gasteiger partial charge in [-0.05, 0) is 92.5 Å². The zero-order valence-electron chi connectivity index (χ0n) is 44.5. The number of benzene rings is 4. The normalized spacial score (nSPS) is 13.8. The van der Waals surface area contributed by atoms with Crippen LogP contribution in [0.25, 0.3) is 20.4 Å². The molecular weight excluding hydrogens is 1150 g/mol. The van der Waals surface area contributed by atoms with Gasteiger partial charge in [0.1, 0.15) is 24.8 Å². The summed E-state index contributed by atoms with van der Waals surface area (Å²) in [5, 5.41) is 9.33. The predicted octanol–water partition coefficient (Wildman–Crippen LogP) is 10.4. The highest BCUT2D eigenvalue weighted by Gasteiger charge is 2.27. The van der Waals surface area contributed by atoms with Gasteiger partial charge in [0.05, 0.1) is 42.6 Å². The minimum atomic E-state index is -0.695. The smallest absolute Gasteiger partial charge is 0.413 e. The summed E-state index contributed by atoms with van der Waals surface area (Å²) in [6.45, 7) is 4.04. The van der Waals surface area contributed by atoms with Crippen LogP contribution in [-0.2, 0) is 41.5 Å². The summed E-state index contributed by atoms with van der Waals surface area (Å²) in [4.78, 5) is 92.2. The molecule has 80 heavy (non-hydrogen) atoms. The Labute approximate surface area is 495 Å². The van der Waals surface area contributed by atoms with E-state index in [0.29, 0.717) is 47.3 Å². The van der Waals surface area contributed by atoms with Crippen LogP contribution in [0.5, 0.6) is 0 Å². The van der Waals surface area contributed by atoms with Crippen molar-refractivity contribution in [3.63, 3.8) is 0 Å². The molecule has 8 rings (SSSR count). The number of fused-ring (bicyclic) bond motifs is 2. The van der Waals surface area contributed by atoms with E-state index in [9.17, 15) is 37.5 Å². The molecule has 2 atom stereocenters. The van der Waals surface area contributed by atoms with Crippen molar-refractivity contribution in [3.8, 4) is 0 Å². The lowest BCUT2D eigenvalue weighted by Crippen LogP contribution is -2.47. The quantitative estimate of drug-likeness (QED) is 0.0658. The molecule has 4 aromatic carbocycles. The average molecular weight is 1220 g/mol. The van der Waals surface area contributed by atoms with Crippen LogP contribution >= 0.6 is 72.9 Å². The first kappa shape index (κ1) is 65.0. The highest BCUT2D eigenvalue weighted by molar-refractivity contribution is 7.59. The lowest BCUT2D eigenvalue weighted by atomic mass is 10.1. The van der Waals surface area contributed by atoms with Gasteiger partial charge in [-0.25, -0.2) is 28.3 Å². The van der Waals surface area contributed by atoms with Gasteiger partial charge in [0.15, 0.2) is 10.3 Å². The Morgan fingerprint density at radius 1 is 0.600 bits per heavy atom. The number of anilines is 2. The van der Waals surface area contributed by atoms with Crippen LogP contribution in [0.1, 0.15) is 68.9 Å². The number of para-hydroxylation sites is 2. The van der Waals surface area contributed by atoms with E-state index in [4.69, 9.17) is 32.7 Å². The third kappa shape index (κ3) is 19.2. The molecule has 0 bridgehead atoms. The van der Waals surface area contributed by atoms with E-state index in [1.807, 2.05) is 53.4 Å². The van der Waals surface area contributed by atoms with E-state index >= 15 is 0 Å². The maximum atomic E-state index is 13.8. The van der Waals surface area contributed by atoms with Gasteiger partial charge in [-0.1, -0.05) is 94.4 Å². The van der Waals surface area contributed by atoms with Crippen molar-refractivity contribution in [1.29, 1.82) is 0 Å². The van der Waals surface area contributed by atoms with Gasteiger partial charge in [0.2, 0.25) is 23.6 Å². The van der Waals surface area contributed by atoms with Gasteiger partial charge < -0.3 is 34.4 Å². The highest BCUT2D eigenvalue weighted by atomic mass is 35.5. The number of aryl methyl sites for hydroxylation is 2. The summed E-state index contributed by atoms with van der Waals surface area (Å²) < 4.78 is 40.4. The van der Waals surface area contributed by atoms with Crippen LogP contribution in [0.4, 0.5) is 28.6 Å². The van der Waals surface area contributed by atoms with Crippen molar-refractivity contribution in [2.24, 2.45) is 0 Å². The number of likely N-dealkylation sites (tertiary alicyclic amines) is 1. The van der Waals surface area contributed by atoms with Crippen molar-refractivity contribution in [2.45, 2.75) is 82.7 Å². The first-order valence-electron chi connectivity index (χ1n) is 25.9. The van der Waals surface area contributed by atoms with Crippen LogP contribution in [0.15, 0.2) is 84.9 Å². The second kappa shape index (κ2) is 32.6. The monoisotopic (exact) mass is 1220 g/mol. The maximum Gasteiger partial charge on any atom is 0.413 e. The number of nitrogens with one attached hydrogen (secondary N) is 3. The Kier molecular flexibility index (Phi) is 26.5. The molecule has 0 spiro atoms. The maximum absolute atomic E-state index is 13.8. The van der Waals surface area contributed by atoms with Gasteiger partial charge in [-0.15, -0.1) is 0 Å². The van der Waals surface area contributed by atoms with Crippen molar-refractivity contribution >= 4 is 139 Å². The summed E-state index contributed by atoms with van der Waals surface area (Å²) in [6, 6.07) is 23.0. The first-order chi connectivity index (χ1) is 37.6. The van der Waals surface area contributed by atoms with Crippen LogP contribution in [-0.4, -0.2) is 144 Å². The lowest BCUT2D eigenvalue weighted by molar-refractivity contribution is -0.136. The van der Waals surface area contributed by atoms with Crippen LogP contribution in [0.3, 0.4) is 0 Å². The summed E-state index contributed by atoms with van der Waals surface area (Å²) >= 11 is 14.7. The number of hydrogen-bond acceptors (Lipinski definition) is 13. The number of carbonyl (C=O) groups is 6. The van der Waals surface area contributed by atoms with Crippen molar-refractivity contribution < 1.29 is 47.0 Å². The number of ether oxygens (including phenoxy) is 2. The molecule has 25 heteroatoms. The molecule has 6 aromatic rings. The Morgan fingerprint density at radius 2 is 1.01 bits per heavy atom. The second-order valence-corrected chi connectivity index (χ2v) is 21.6. The lowest BCUT2D eigenvalue weighted by Gasteiger charge is -2.30. The molecule has 6 amide bonds. The second-order valence-electron chi connectivity index (χ2n) is 18.8. The number of halogens is 4. The number of rotatable bonds is 20. The van der Waals surface area contributed by atoms with Crippen LogP contribution < -0.4 is 16.0 Å². The Hall–Kier alpha value is -5.82. The van der Waals surface area contributed by atoms with Crippen LogP contribution in [0, 0.1) is 11.6 Å². The molecule has 3 N–H and O–H groups in total. The fourth-order valence-corrected chi connectivity index (χ4v) is 11.0. The Morgan fingerprint density at radius 3 is 1.44 bits per heavy atom. The molecule has 0 aliphatic carbocycles. The van der Waals surface area contributed by atoms with Crippen molar-refractivity contribution in [2.75, 3.05) is 77.2 Å². The summed E-state index contributed by atoms with van der Waals surface area (Å²) in [5.41, 5.74) is 2.62. The fourth-order valence-electron chi connectivity index (χ4n) is 8.90. The van der Waals surface area contributed by atoms with Gasteiger partial charge in [-0.3, -0.25) is 29.8 Å². The molecule has 0 unspecified atom stereocenters. The van der Waals surface area contributed by atoms with Gasteiger partial charge >= 0.3 is 12.2 Å². The number of amides is 6. The van der Waals surface area contributed by atoms with Gasteiger partial charge in [0, 0.05) is 79.0 Å². The van der Waals surface area contributed by atoms with E-state index in [0.717, 1.165) is 65.9 Å². The Bertz CT molecular complexity index is 2770. The number of aromatic nitrogens is 2. The molecule has 2 saturated heterocycles. The molecule has 432 valence electrons. The molecular formula is C55H67Cl2F2N9O8S4. The van der Waals surface area contributed by atoms with Gasteiger partial charge in [-0.2, -0.15) is 27.0 Å². The number of carbonyl (C=O) groups excluding carboxylic acids is 6. The number of likely N-dealkylation sites (N-methyl/N-ethyl adjacent to an activating group) is 2. The zero-order valence-corrected chi connectivity index (χ0v) is 49.6. The molecule has 0 radical (unpaired) electrons. The zero-order chi connectivity index (χ0) is 55.6. The minimum absolute atomic E-state index is 0. The number of piperazine rings is 1. The summed E-state index contributed by atoms with van der Waals surface area (Å²) in [6.07, 6.45) is 3.52. The molecule has 17 nitrogen and oxygen atoms in total. The van der Waals surface area contributed by atoms with E-state index in [-0.39, 0.29) is 112 Å². The predicted molar refractivity (Wildman–Crippen MR) is 321 cm³/mol. The van der Waals surface area contributed by atoms with E-state index in [1.54, 1.807) is 43.3 Å². The number of hydrogen-bond donors (Lipinski definition) is 3. The fraction of sp³-hybridized carbons (Fsp3) is 0.418.